The van der Waals surface area contributed by atoms with Gasteiger partial charge in [-0.05, 0) is 12.8 Å². The second-order valence-corrected chi connectivity index (χ2v) is 4.77. The minimum Gasteiger partial charge on any atom is -0.494 e. The summed E-state index contributed by atoms with van der Waals surface area (Å²) in [7, 11) is 2.78. The van der Waals surface area contributed by atoms with Gasteiger partial charge in [-0.3, -0.25) is 18.7 Å². The van der Waals surface area contributed by atoms with E-state index in [4.69, 9.17) is 0 Å². The summed E-state index contributed by atoms with van der Waals surface area (Å²) in [5.74, 6) is -0.499. The van der Waals surface area contributed by atoms with Gasteiger partial charge < -0.3 is 5.11 Å². The zero-order valence-electron chi connectivity index (χ0n) is 10.5. The highest BCUT2D eigenvalue weighted by molar-refractivity contribution is 5.80. The largest absolute Gasteiger partial charge is 0.494 e. The van der Waals surface area contributed by atoms with Gasteiger partial charge >= 0.3 is 5.69 Å². The van der Waals surface area contributed by atoms with E-state index >= 15 is 0 Å². The zero-order valence-corrected chi connectivity index (χ0v) is 10.5. The SMILES string of the molecule is Cn1c(O)c(C2CCCC(=O)C2)c(=O)n(C)c1=O. The van der Waals surface area contributed by atoms with Crippen molar-refractivity contribution in [3.8, 4) is 5.88 Å². The zero-order chi connectivity index (χ0) is 13.4. The number of carbonyl (C=O) groups excluding carboxylic acids is 1. The van der Waals surface area contributed by atoms with Crippen LogP contribution in [-0.4, -0.2) is 20.0 Å². The molecule has 0 aliphatic heterocycles. The molecule has 98 valence electrons. The Hall–Kier alpha value is -1.85. The van der Waals surface area contributed by atoms with Gasteiger partial charge in [-0.2, -0.15) is 0 Å². The predicted molar refractivity (Wildman–Crippen MR) is 64.8 cm³/mol. The van der Waals surface area contributed by atoms with E-state index in [-0.39, 0.29) is 29.6 Å². The Balaban J connectivity index is 2.61. The second-order valence-electron chi connectivity index (χ2n) is 4.77. The Morgan fingerprint density at radius 3 is 2.44 bits per heavy atom. The molecule has 1 aromatic heterocycles. The highest BCUT2D eigenvalue weighted by Gasteiger charge is 2.28. The molecule has 1 saturated carbocycles. The maximum atomic E-state index is 12.0. The minimum atomic E-state index is -0.566. The van der Waals surface area contributed by atoms with Crippen molar-refractivity contribution in [2.24, 2.45) is 14.1 Å². The first kappa shape index (κ1) is 12.6. The lowest BCUT2D eigenvalue weighted by molar-refractivity contribution is -0.120. The quantitative estimate of drug-likeness (QED) is 0.763. The van der Waals surface area contributed by atoms with Crippen molar-refractivity contribution in [1.29, 1.82) is 0 Å². The molecular formula is C12H16N2O4. The molecule has 0 radical (unpaired) electrons. The minimum absolute atomic E-state index is 0.0987. The average Bonchev–Trinajstić information content (AvgIpc) is 2.34. The lowest BCUT2D eigenvalue weighted by Crippen LogP contribution is -2.40. The van der Waals surface area contributed by atoms with Crippen molar-refractivity contribution in [2.45, 2.75) is 31.6 Å². The molecule has 0 bridgehead atoms. The first-order chi connectivity index (χ1) is 8.43. The number of rotatable bonds is 1. The number of carbonyl (C=O) groups is 1. The maximum Gasteiger partial charge on any atom is 0.333 e. The van der Waals surface area contributed by atoms with Gasteiger partial charge in [-0.15, -0.1) is 0 Å². The van der Waals surface area contributed by atoms with E-state index in [2.05, 4.69) is 0 Å². The lowest BCUT2D eigenvalue weighted by atomic mass is 9.84. The van der Waals surface area contributed by atoms with E-state index in [1.54, 1.807) is 0 Å². The van der Waals surface area contributed by atoms with E-state index in [1.165, 1.54) is 14.1 Å². The number of aromatic nitrogens is 2. The molecule has 1 aromatic rings. The van der Waals surface area contributed by atoms with E-state index in [1.807, 2.05) is 0 Å². The summed E-state index contributed by atoms with van der Waals surface area (Å²) in [5, 5.41) is 9.96. The summed E-state index contributed by atoms with van der Waals surface area (Å²) in [4.78, 5) is 35.1. The van der Waals surface area contributed by atoms with Crippen LogP contribution in [0.15, 0.2) is 9.59 Å². The van der Waals surface area contributed by atoms with Crippen LogP contribution in [0.25, 0.3) is 0 Å². The monoisotopic (exact) mass is 252 g/mol. The van der Waals surface area contributed by atoms with Gasteiger partial charge in [-0.25, -0.2) is 4.79 Å². The van der Waals surface area contributed by atoms with Crippen molar-refractivity contribution < 1.29 is 9.90 Å². The summed E-state index contributed by atoms with van der Waals surface area (Å²) in [6, 6.07) is 0. The number of hydrogen-bond acceptors (Lipinski definition) is 4. The summed E-state index contributed by atoms with van der Waals surface area (Å²) < 4.78 is 2.00. The fraction of sp³-hybridized carbons (Fsp3) is 0.583. The van der Waals surface area contributed by atoms with Crippen LogP contribution in [0.5, 0.6) is 5.88 Å². The molecule has 0 spiro atoms. The first-order valence-electron chi connectivity index (χ1n) is 5.94. The Morgan fingerprint density at radius 2 is 1.83 bits per heavy atom. The van der Waals surface area contributed by atoms with E-state index < -0.39 is 11.2 Å². The van der Waals surface area contributed by atoms with Crippen molar-refractivity contribution in [3.63, 3.8) is 0 Å². The van der Waals surface area contributed by atoms with Gasteiger partial charge in [0.15, 0.2) is 0 Å². The van der Waals surface area contributed by atoms with Crippen LogP contribution in [0.1, 0.15) is 37.2 Å². The van der Waals surface area contributed by atoms with Gasteiger partial charge in [-0.1, -0.05) is 0 Å². The smallest absolute Gasteiger partial charge is 0.333 e. The van der Waals surface area contributed by atoms with Gasteiger partial charge in [0, 0.05) is 32.9 Å². The molecule has 1 unspecified atom stereocenters. The molecule has 6 nitrogen and oxygen atoms in total. The average molecular weight is 252 g/mol. The Bertz CT molecular complexity index is 612. The van der Waals surface area contributed by atoms with Crippen LogP contribution < -0.4 is 11.2 Å². The van der Waals surface area contributed by atoms with Crippen LogP contribution in [0.2, 0.25) is 0 Å². The standard InChI is InChI=1S/C12H16N2O4/c1-13-10(16)9(11(17)14(2)12(13)18)7-4-3-5-8(15)6-7/h7,16H,3-6H2,1-2H3. The number of ketones is 1. The Labute approximate surface area is 103 Å². The number of hydrogen-bond donors (Lipinski definition) is 1. The topological polar surface area (TPSA) is 81.3 Å². The number of nitrogens with zero attached hydrogens (tertiary/aromatic N) is 2. The number of aromatic hydroxyl groups is 1. The molecule has 0 saturated heterocycles. The molecule has 1 N–H and O–H groups in total. The van der Waals surface area contributed by atoms with Crippen molar-refractivity contribution >= 4 is 5.78 Å². The van der Waals surface area contributed by atoms with E-state index in [0.717, 1.165) is 15.6 Å². The van der Waals surface area contributed by atoms with Gasteiger partial charge in [0.2, 0.25) is 5.88 Å². The molecule has 1 aliphatic carbocycles. The molecule has 0 amide bonds. The van der Waals surface area contributed by atoms with Crippen LogP contribution in [-0.2, 0) is 18.9 Å². The third-order valence-corrected chi connectivity index (χ3v) is 3.56. The molecule has 0 aromatic carbocycles. The molecule has 6 heteroatoms. The van der Waals surface area contributed by atoms with Crippen molar-refractivity contribution in [2.75, 3.05) is 0 Å². The summed E-state index contributed by atoms with van der Waals surface area (Å²) in [6.45, 7) is 0. The molecule has 1 heterocycles. The van der Waals surface area contributed by atoms with Crippen LogP contribution >= 0.6 is 0 Å². The Morgan fingerprint density at radius 1 is 1.17 bits per heavy atom. The third-order valence-electron chi connectivity index (χ3n) is 3.56. The highest BCUT2D eigenvalue weighted by atomic mass is 16.3. The van der Waals surface area contributed by atoms with Crippen LogP contribution in [0, 0.1) is 0 Å². The van der Waals surface area contributed by atoms with E-state index in [9.17, 15) is 19.5 Å². The van der Waals surface area contributed by atoms with Crippen LogP contribution in [0.3, 0.4) is 0 Å². The van der Waals surface area contributed by atoms with Crippen LogP contribution in [0.4, 0.5) is 0 Å². The molecule has 2 rings (SSSR count). The molecule has 1 atom stereocenters. The fourth-order valence-corrected chi connectivity index (χ4v) is 2.49. The Kier molecular flexibility index (Phi) is 3.11. The first-order valence-corrected chi connectivity index (χ1v) is 5.94. The molecule has 1 fully saturated rings. The third kappa shape index (κ3) is 1.87. The van der Waals surface area contributed by atoms with Crippen molar-refractivity contribution in [1.82, 2.24) is 9.13 Å². The normalized spacial score (nSPS) is 20.1. The summed E-state index contributed by atoms with van der Waals surface area (Å²) in [6.07, 6.45) is 2.20. The van der Waals surface area contributed by atoms with E-state index in [0.29, 0.717) is 12.8 Å². The lowest BCUT2D eigenvalue weighted by Gasteiger charge is -2.22. The maximum absolute atomic E-state index is 12.0. The van der Waals surface area contributed by atoms with Crippen molar-refractivity contribution in [3.05, 3.63) is 26.4 Å². The fourth-order valence-electron chi connectivity index (χ4n) is 2.49. The van der Waals surface area contributed by atoms with Gasteiger partial charge in [0.05, 0.1) is 5.56 Å². The summed E-state index contributed by atoms with van der Waals surface area (Å²) in [5.41, 5.74) is -0.883. The summed E-state index contributed by atoms with van der Waals surface area (Å²) >= 11 is 0. The predicted octanol–water partition coefficient (Wildman–Crippen LogP) is 0.0163. The highest BCUT2D eigenvalue weighted by Crippen LogP contribution is 2.32. The molecular weight excluding hydrogens is 236 g/mol. The number of Topliss-reactive ketones (excluding diaryl/α,β-unsaturated/α-hetero) is 1. The second kappa shape index (κ2) is 4.44. The van der Waals surface area contributed by atoms with Gasteiger partial charge in [0.25, 0.3) is 5.56 Å². The van der Waals surface area contributed by atoms with Gasteiger partial charge in [0.1, 0.15) is 5.78 Å². The molecule has 1 aliphatic rings. The molecule has 18 heavy (non-hydrogen) atoms.